The summed E-state index contributed by atoms with van der Waals surface area (Å²) in [7, 11) is 0. The topological polar surface area (TPSA) is 80.9 Å². The summed E-state index contributed by atoms with van der Waals surface area (Å²) >= 11 is 3.29. The molecule has 6 heteroatoms. The Morgan fingerprint density at radius 1 is 0.404 bits per heavy atom. The Hall–Kier alpha value is -3.22. The van der Waals surface area contributed by atoms with Gasteiger partial charge in [0.1, 0.15) is 23.0 Å². The predicted octanol–water partition coefficient (Wildman–Crippen LogP) is 13.2. The lowest BCUT2D eigenvalue weighted by Crippen LogP contribution is -2.12. The summed E-state index contributed by atoms with van der Waals surface area (Å²) in [5, 5.41) is 42.4. The molecule has 0 fully saturated rings. The zero-order valence-corrected chi connectivity index (χ0v) is 36.3. The van der Waals surface area contributed by atoms with Gasteiger partial charge in [0, 0.05) is 22.6 Å². The first-order valence-electron chi connectivity index (χ1n) is 18.2. The van der Waals surface area contributed by atoms with Crippen LogP contribution in [0.25, 0.3) is 0 Å². The summed E-state index contributed by atoms with van der Waals surface area (Å²) in [6.07, 6.45) is 0. The Morgan fingerprint density at radius 3 is 0.981 bits per heavy atom. The van der Waals surface area contributed by atoms with Gasteiger partial charge in [0.15, 0.2) is 0 Å². The van der Waals surface area contributed by atoms with Crippen molar-refractivity contribution in [3.8, 4) is 23.0 Å². The monoisotopic (exact) mass is 744 g/mol. The van der Waals surface area contributed by atoms with E-state index in [1.807, 2.05) is 63.7 Å². The molecule has 0 unspecified atom stereocenters. The molecule has 0 aliphatic carbocycles. The highest BCUT2D eigenvalue weighted by atomic mass is 32.2. The summed E-state index contributed by atoms with van der Waals surface area (Å²) in [6, 6.07) is 16.5. The highest BCUT2D eigenvalue weighted by Gasteiger charge is 2.25. The lowest BCUT2D eigenvalue weighted by Gasteiger charge is -2.24. The number of aryl methyl sites for hydroxylation is 4. The molecule has 0 radical (unpaired) electrons. The molecular formula is C46H64O4S2. The molecule has 52 heavy (non-hydrogen) atoms. The van der Waals surface area contributed by atoms with E-state index in [4.69, 9.17) is 0 Å². The fourth-order valence-electron chi connectivity index (χ4n) is 6.21. The Bertz CT molecular complexity index is 1760. The van der Waals surface area contributed by atoms with Crippen LogP contribution in [0.2, 0.25) is 0 Å². The van der Waals surface area contributed by atoms with Gasteiger partial charge in [0.2, 0.25) is 0 Å². The smallest absolute Gasteiger partial charge is 0.133 e. The first-order chi connectivity index (χ1) is 23.6. The fraction of sp³-hybridized carbons (Fsp3) is 0.478. The Labute approximate surface area is 323 Å². The molecule has 0 aromatic heterocycles. The lowest BCUT2D eigenvalue weighted by molar-refractivity contribution is 0.432. The molecule has 4 aromatic carbocycles. The van der Waals surface area contributed by atoms with Gasteiger partial charge in [-0.25, -0.2) is 0 Å². The molecule has 0 heterocycles. The second kappa shape index (κ2) is 16.0. The van der Waals surface area contributed by atoms with E-state index in [-0.39, 0.29) is 21.7 Å². The number of benzene rings is 4. The third-order valence-electron chi connectivity index (χ3n) is 9.15. The highest BCUT2D eigenvalue weighted by molar-refractivity contribution is 7.99. The number of phenols is 4. The van der Waals surface area contributed by atoms with Crippen LogP contribution in [0.3, 0.4) is 0 Å². The van der Waals surface area contributed by atoms with E-state index in [0.29, 0.717) is 23.0 Å². The third-order valence-corrected chi connectivity index (χ3v) is 11.3. The highest BCUT2D eigenvalue weighted by Crippen LogP contribution is 2.47. The van der Waals surface area contributed by atoms with Gasteiger partial charge in [0.25, 0.3) is 0 Å². The molecule has 0 saturated carbocycles. The first-order valence-corrected chi connectivity index (χ1v) is 20.2. The number of rotatable bonds is 6. The van der Waals surface area contributed by atoms with Crippen molar-refractivity contribution in [2.24, 2.45) is 0 Å². The van der Waals surface area contributed by atoms with E-state index < -0.39 is 0 Å². The fourth-order valence-corrected chi connectivity index (χ4v) is 8.26. The quantitative estimate of drug-likeness (QED) is 0.157. The largest absolute Gasteiger partial charge is 0.507 e. The van der Waals surface area contributed by atoms with E-state index in [9.17, 15) is 20.4 Å². The van der Waals surface area contributed by atoms with Crippen LogP contribution in [-0.2, 0) is 33.2 Å². The predicted molar refractivity (Wildman–Crippen MR) is 225 cm³/mol. The second-order valence-corrected chi connectivity index (χ2v) is 20.6. The molecule has 4 rings (SSSR count). The molecule has 0 atom stereocenters. The number of hydrogen-bond acceptors (Lipinski definition) is 6. The van der Waals surface area contributed by atoms with E-state index in [1.165, 1.54) is 22.9 Å². The molecule has 4 aromatic rings. The summed E-state index contributed by atoms with van der Waals surface area (Å²) < 4.78 is 0. The van der Waals surface area contributed by atoms with Crippen molar-refractivity contribution < 1.29 is 20.4 Å². The normalized spacial score (nSPS) is 12.5. The molecule has 0 aliphatic rings. The van der Waals surface area contributed by atoms with Gasteiger partial charge in [-0.3, -0.25) is 0 Å². The average molecular weight is 745 g/mol. The number of hydrogen-bond donors (Lipinski definition) is 4. The Kier molecular flexibility index (Phi) is 13.3. The minimum atomic E-state index is -0.142. The van der Waals surface area contributed by atoms with Crippen molar-refractivity contribution in [1.82, 2.24) is 0 Å². The maximum Gasteiger partial charge on any atom is 0.133 e. The van der Waals surface area contributed by atoms with Crippen molar-refractivity contribution in [2.75, 3.05) is 0 Å². The number of phenolic OH excluding ortho intramolecular Hbond substituents is 4. The summed E-state index contributed by atoms with van der Waals surface area (Å²) in [6.45, 7) is 33.4. The van der Waals surface area contributed by atoms with Crippen LogP contribution in [0.1, 0.15) is 139 Å². The first kappa shape index (κ1) is 43.2. The van der Waals surface area contributed by atoms with Crippen LogP contribution in [0.5, 0.6) is 23.0 Å². The average Bonchev–Trinajstić information content (AvgIpc) is 2.97. The maximum absolute atomic E-state index is 10.8. The van der Waals surface area contributed by atoms with Gasteiger partial charge in [-0.2, -0.15) is 11.8 Å². The molecular weight excluding hydrogens is 681 g/mol. The zero-order valence-electron chi connectivity index (χ0n) is 34.6. The van der Waals surface area contributed by atoms with Crippen LogP contribution in [0.4, 0.5) is 0 Å². The van der Waals surface area contributed by atoms with Gasteiger partial charge in [-0.05, 0) is 106 Å². The van der Waals surface area contributed by atoms with Crippen LogP contribution in [0, 0.1) is 27.7 Å². The molecule has 4 nitrogen and oxygen atoms in total. The minimum absolute atomic E-state index is 0.0782. The third kappa shape index (κ3) is 10.9. The lowest BCUT2D eigenvalue weighted by atomic mass is 9.84. The number of thioether (sulfide) groups is 1. The van der Waals surface area contributed by atoms with Crippen LogP contribution < -0.4 is 0 Å². The van der Waals surface area contributed by atoms with E-state index in [2.05, 4.69) is 107 Å². The summed E-state index contributed by atoms with van der Waals surface area (Å²) in [4.78, 5) is 1.57. The molecule has 0 amide bonds. The van der Waals surface area contributed by atoms with Gasteiger partial charge in [0.05, 0.1) is 9.79 Å². The second-order valence-electron chi connectivity index (χ2n) is 18.5. The van der Waals surface area contributed by atoms with E-state index in [0.717, 1.165) is 65.8 Å². The maximum atomic E-state index is 10.8. The standard InChI is InChI=1S/C24H34O2S.C22H30O2S/c1-15-9-17(11-19(21(15)25)23(3,4)5)13-27-14-18-10-16(2)22(26)20(12-18)24(6,7)8;1-13-9-15(21(3,4)5)19(23)17(11-13)25-18-12-14(2)10-16(20(18)24)22(6,7)8/h9-12,25-26H,13-14H2,1-8H3;9-12,23-24H,1-8H3. The van der Waals surface area contributed by atoms with Crippen molar-refractivity contribution in [2.45, 2.75) is 154 Å². The van der Waals surface area contributed by atoms with Crippen molar-refractivity contribution in [3.05, 3.63) is 104 Å². The summed E-state index contributed by atoms with van der Waals surface area (Å²) in [5.74, 6) is 3.24. The Morgan fingerprint density at radius 2 is 0.692 bits per heavy atom. The van der Waals surface area contributed by atoms with Crippen LogP contribution in [0.15, 0.2) is 58.3 Å². The SMILES string of the molecule is Cc1cc(CSCc2cc(C)c(O)c(C(C)(C)C)c2)cc(C(C)(C)C)c1O.Cc1cc(Sc2cc(C)cc(C(C)(C)C)c2O)c(O)c(C(C)(C)C)c1. The van der Waals surface area contributed by atoms with E-state index >= 15 is 0 Å². The molecule has 0 aliphatic heterocycles. The van der Waals surface area contributed by atoms with Gasteiger partial charge >= 0.3 is 0 Å². The Balaban J connectivity index is 0.000000281. The van der Waals surface area contributed by atoms with Gasteiger partial charge < -0.3 is 20.4 Å². The molecule has 0 bridgehead atoms. The molecule has 284 valence electrons. The summed E-state index contributed by atoms with van der Waals surface area (Å²) in [5.41, 5.74) is 10.0. The molecule has 0 spiro atoms. The zero-order chi connectivity index (χ0) is 39.7. The molecule has 4 N–H and O–H groups in total. The minimum Gasteiger partial charge on any atom is -0.507 e. The van der Waals surface area contributed by atoms with Gasteiger partial charge in [-0.15, -0.1) is 0 Å². The van der Waals surface area contributed by atoms with Crippen molar-refractivity contribution in [1.29, 1.82) is 0 Å². The van der Waals surface area contributed by atoms with Crippen molar-refractivity contribution >= 4 is 23.5 Å². The number of aromatic hydroxyl groups is 4. The van der Waals surface area contributed by atoms with Gasteiger partial charge in [-0.1, -0.05) is 131 Å². The molecule has 0 saturated heterocycles. The van der Waals surface area contributed by atoms with E-state index in [1.54, 1.807) is 0 Å². The van der Waals surface area contributed by atoms with Crippen LogP contribution in [-0.4, -0.2) is 20.4 Å². The van der Waals surface area contributed by atoms with Crippen LogP contribution >= 0.6 is 23.5 Å². The van der Waals surface area contributed by atoms with Crippen molar-refractivity contribution in [3.63, 3.8) is 0 Å².